The maximum Gasteiger partial charge on any atom is 0.0728 e. The third kappa shape index (κ3) is 3.34. The standard InChI is InChI=1S/C41H25N/c1-4-13-26(14-5-1)33-23-35-36-25-37(28-17-8-3-9-18-28)42-38-24-34(27-15-6-2-7-16-27)31-21-12-22-32(40(31)41(36)38)39(35)30-20-11-10-19-29(30)33/h1-25H. The first-order valence-corrected chi connectivity index (χ1v) is 14.5. The van der Waals surface area contributed by atoms with Crippen molar-refractivity contribution < 1.29 is 0 Å². The largest absolute Gasteiger partial charge is 0.248 e. The van der Waals surface area contributed by atoms with Gasteiger partial charge in [0.1, 0.15) is 0 Å². The van der Waals surface area contributed by atoms with E-state index in [1.54, 1.807) is 0 Å². The Morgan fingerprint density at radius 3 is 1.52 bits per heavy atom. The molecule has 0 N–H and O–H groups in total. The van der Waals surface area contributed by atoms with Crippen molar-refractivity contribution in [3.63, 3.8) is 0 Å². The normalized spacial score (nSPS) is 11.8. The van der Waals surface area contributed by atoms with Crippen LogP contribution >= 0.6 is 0 Å². The second-order valence-electron chi connectivity index (χ2n) is 11.1. The van der Waals surface area contributed by atoms with Gasteiger partial charge < -0.3 is 0 Å². The number of aromatic nitrogens is 1. The van der Waals surface area contributed by atoms with Crippen LogP contribution < -0.4 is 0 Å². The van der Waals surface area contributed by atoms with Gasteiger partial charge in [0, 0.05) is 16.3 Å². The van der Waals surface area contributed by atoms with E-state index in [4.69, 9.17) is 4.98 Å². The van der Waals surface area contributed by atoms with E-state index in [1.165, 1.54) is 70.7 Å². The number of hydrogen-bond donors (Lipinski definition) is 0. The topological polar surface area (TPSA) is 12.9 Å². The Bertz CT molecular complexity index is 2430. The highest BCUT2D eigenvalue weighted by Gasteiger charge is 2.21. The maximum atomic E-state index is 5.33. The van der Waals surface area contributed by atoms with Gasteiger partial charge in [-0.3, -0.25) is 0 Å². The Morgan fingerprint density at radius 1 is 0.310 bits per heavy atom. The van der Waals surface area contributed by atoms with E-state index < -0.39 is 0 Å². The second-order valence-corrected chi connectivity index (χ2v) is 11.1. The number of pyridine rings is 1. The molecule has 0 radical (unpaired) electrons. The van der Waals surface area contributed by atoms with Gasteiger partial charge in [-0.1, -0.05) is 133 Å². The molecule has 1 aromatic heterocycles. The summed E-state index contributed by atoms with van der Waals surface area (Å²) in [5, 5.41) is 11.5. The van der Waals surface area contributed by atoms with Crippen LogP contribution in [0.4, 0.5) is 0 Å². The summed E-state index contributed by atoms with van der Waals surface area (Å²) in [5.41, 5.74) is 8.07. The lowest BCUT2D eigenvalue weighted by molar-refractivity contribution is 1.41. The lowest BCUT2D eigenvalue weighted by atomic mass is 9.84. The molecule has 194 valence electrons. The molecule has 0 unspecified atom stereocenters. The summed E-state index contributed by atoms with van der Waals surface area (Å²) in [7, 11) is 0. The molecule has 0 saturated heterocycles. The predicted molar refractivity (Wildman–Crippen MR) is 179 cm³/mol. The van der Waals surface area contributed by atoms with Gasteiger partial charge in [0.2, 0.25) is 0 Å². The number of rotatable bonds is 3. The third-order valence-electron chi connectivity index (χ3n) is 8.78. The van der Waals surface area contributed by atoms with Crippen molar-refractivity contribution in [3.8, 4) is 33.5 Å². The van der Waals surface area contributed by atoms with Crippen LogP contribution in [0.1, 0.15) is 0 Å². The minimum absolute atomic E-state index is 0.996. The highest BCUT2D eigenvalue weighted by molar-refractivity contribution is 6.39. The molecule has 0 bridgehead atoms. The van der Waals surface area contributed by atoms with Crippen LogP contribution in [-0.2, 0) is 0 Å². The van der Waals surface area contributed by atoms with Crippen LogP contribution in [0.15, 0.2) is 152 Å². The van der Waals surface area contributed by atoms with Gasteiger partial charge in [-0.05, 0) is 78.2 Å². The molecule has 0 atom stereocenters. The molecule has 0 saturated carbocycles. The highest BCUT2D eigenvalue weighted by Crippen LogP contribution is 2.48. The van der Waals surface area contributed by atoms with Crippen LogP contribution in [0.2, 0.25) is 0 Å². The van der Waals surface area contributed by atoms with Crippen molar-refractivity contribution in [1.82, 2.24) is 4.98 Å². The zero-order chi connectivity index (χ0) is 27.6. The summed E-state index contributed by atoms with van der Waals surface area (Å²) >= 11 is 0. The van der Waals surface area contributed by atoms with Gasteiger partial charge in [0.05, 0.1) is 11.2 Å². The molecule has 1 heteroatoms. The van der Waals surface area contributed by atoms with Crippen LogP contribution in [0, 0.1) is 0 Å². The summed E-state index contributed by atoms with van der Waals surface area (Å²) in [4.78, 5) is 5.33. The summed E-state index contributed by atoms with van der Waals surface area (Å²) < 4.78 is 0. The first-order chi connectivity index (χ1) is 20.8. The van der Waals surface area contributed by atoms with E-state index in [0.29, 0.717) is 0 Å². The Labute approximate surface area is 243 Å². The van der Waals surface area contributed by atoms with Gasteiger partial charge in [0.25, 0.3) is 0 Å². The summed E-state index contributed by atoms with van der Waals surface area (Å²) in [6.07, 6.45) is 0. The third-order valence-corrected chi connectivity index (χ3v) is 8.78. The zero-order valence-electron chi connectivity index (χ0n) is 22.9. The minimum Gasteiger partial charge on any atom is -0.248 e. The highest BCUT2D eigenvalue weighted by atomic mass is 14.7. The summed E-state index contributed by atoms with van der Waals surface area (Å²) in [6, 6.07) is 54.8. The molecular weight excluding hydrogens is 506 g/mol. The number of hydrogen-bond acceptors (Lipinski definition) is 1. The molecule has 0 fully saturated rings. The van der Waals surface area contributed by atoms with Crippen molar-refractivity contribution in [1.29, 1.82) is 0 Å². The Morgan fingerprint density at radius 2 is 0.833 bits per heavy atom. The van der Waals surface area contributed by atoms with Crippen molar-refractivity contribution in [2.75, 3.05) is 0 Å². The van der Waals surface area contributed by atoms with Crippen LogP contribution in [0.5, 0.6) is 0 Å². The summed E-state index contributed by atoms with van der Waals surface area (Å²) in [6.45, 7) is 0. The van der Waals surface area contributed by atoms with Crippen molar-refractivity contribution in [2.45, 2.75) is 0 Å². The molecule has 0 aliphatic rings. The van der Waals surface area contributed by atoms with Gasteiger partial charge in [-0.15, -0.1) is 0 Å². The van der Waals surface area contributed by atoms with Gasteiger partial charge in [-0.25, -0.2) is 4.98 Å². The van der Waals surface area contributed by atoms with Crippen LogP contribution in [-0.4, -0.2) is 4.98 Å². The quantitative estimate of drug-likeness (QED) is 0.163. The average molecular weight is 532 g/mol. The van der Waals surface area contributed by atoms with Crippen LogP contribution in [0.3, 0.4) is 0 Å². The minimum atomic E-state index is 0.996. The van der Waals surface area contributed by atoms with Gasteiger partial charge in [-0.2, -0.15) is 0 Å². The molecular formula is C41H25N. The first kappa shape index (κ1) is 23.2. The Balaban J connectivity index is 1.56. The smallest absolute Gasteiger partial charge is 0.0728 e. The van der Waals surface area contributed by atoms with E-state index in [9.17, 15) is 0 Å². The Kier molecular flexibility index (Phi) is 4.97. The van der Waals surface area contributed by atoms with Crippen molar-refractivity contribution >= 4 is 54.0 Å². The number of benzene rings is 8. The van der Waals surface area contributed by atoms with E-state index in [-0.39, 0.29) is 0 Å². The zero-order valence-corrected chi connectivity index (χ0v) is 22.9. The lowest BCUT2D eigenvalue weighted by Gasteiger charge is -2.20. The predicted octanol–water partition coefficient (Wildman–Crippen LogP) is 11.3. The second kappa shape index (κ2) is 8.99. The molecule has 42 heavy (non-hydrogen) atoms. The fraction of sp³-hybridized carbons (Fsp3) is 0. The SMILES string of the molecule is c1ccc(-c2cc3c4cc(-c5ccccc5)c5ccccc5c4c4cccc5c(-c6ccccc6)cc(n2)c3c54)cc1. The van der Waals surface area contributed by atoms with Gasteiger partial charge in [0.15, 0.2) is 0 Å². The fourth-order valence-corrected chi connectivity index (χ4v) is 6.96. The Hall–Kier alpha value is -5.53. The lowest BCUT2D eigenvalue weighted by Crippen LogP contribution is -1.95. The number of fused-ring (bicyclic) bond motifs is 5. The molecule has 0 amide bonds. The van der Waals surface area contributed by atoms with E-state index in [1.807, 2.05) is 0 Å². The molecule has 8 aromatic carbocycles. The monoisotopic (exact) mass is 531 g/mol. The molecule has 0 aliphatic heterocycles. The molecule has 0 aliphatic carbocycles. The van der Waals surface area contributed by atoms with Crippen LogP contribution in [0.25, 0.3) is 87.5 Å². The van der Waals surface area contributed by atoms with Crippen molar-refractivity contribution in [3.05, 3.63) is 152 Å². The van der Waals surface area contributed by atoms with Gasteiger partial charge >= 0.3 is 0 Å². The molecule has 9 aromatic rings. The van der Waals surface area contributed by atoms with Crippen molar-refractivity contribution in [2.24, 2.45) is 0 Å². The average Bonchev–Trinajstić information content (AvgIpc) is 3.07. The van der Waals surface area contributed by atoms with E-state index in [2.05, 4.69) is 152 Å². The fourth-order valence-electron chi connectivity index (χ4n) is 6.96. The van der Waals surface area contributed by atoms with E-state index >= 15 is 0 Å². The maximum absolute atomic E-state index is 5.33. The van der Waals surface area contributed by atoms with E-state index in [0.717, 1.165) is 16.8 Å². The molecule has 1 nitrogen and oxygen atoms in total. The summed E-state index contributed by atoms with van der Waals surface area (Å²) in [5.74, 6) is 0. The molecule has 0 spiro atoms. The number of nitrogens with zero attached hydrogens (tertiary/aromatic N) is 1. The molecule has 1 heterocycles. The molecule has 9 rings (SSSR count). The first-order valence-electron chi connectivity index (χ1n) is 14.5.